The Hall–Kier alpha value is -1.17. The fourth-order valence-corrected chi connectivity index (χ4v) is 5.99. The van der Waals surface area contributed by atoms with Gasteiger partial charge in [-0.15, -0.1) is 0 Å². The molecule has 0 aliphatic rings. The zero-order chi connectivity index (χ0) is 33.1. The number of hydrogen-bond acceptors (Lipinski definition) is 4. The molecule has 0 saturated heterocycles. The first kappa shape index (κ1) is 43.8. The normalized spacial score (nSPS) is 14.0. The van der Waals surface area contributed by atoms with Crippen molar-refractivity contribution < 1.29 is 20.1 Å². The van der Waals surface area contributed by atoms with Gasteiger partial charge in [0.2, 0.25) is 5.91 Å². The second kappa shape index (κ2) is 35.7. The van der Waals surface area contributed by atoms with Crippen molar-refractivity contribution in [2.75, 3.05) is 6.61 Å². The molecule has 3 atom stereocenters. The largest absolute Gasteiger partial charge is 0.394 e. The summed E-state index contributed by atoms with van der Waals surface area (Å²) in [5.41, 5.74) is 0. The van der Waals surface area contributed by atoms with Crippen LogP contribution in [0, 0.1) is 0 Å². The van der Waals surface area contributed by atoms with Gasteiger partial charge in [-0.05, 0) is 25.7 Å². The molecule has 4 N–H and O–H groups in total. The third-order valence-corrected chi connectivity index (χ3v) is 9.03. The SMILES string of the molecule is CCCCCCCC/C=C\C/C=C\C(O)CC(=O)NC(CO)C(O)CCCCCCCCCCCCCCCCCCCCC. The highest BCUT2D eigenvalue weighted by Gasteiger charge is 2.21. The average Bonchev–Trinajstić information content (AvgIpc) is 3.03. The van der Waals surface area contributed by atoms with Gasteiger partial charge < -0.3 is 20.6 Å². The van der Waals surface area contributed by atoms with E-state index in [1.807, 2.05) is 6.08 Å². The van der Waals surface area contributed by atoms with E-state index in [1.54, 1.807) is 6.08 Å². The molecule has 0 aromatic heterocycles. The van der Waals surface area contributed by atoms with E-state index in [0.29, 0.717) is 6.42 Å². The smallest absolute Gasteiger partial charge is 0.223 e. The van der Waals surface area contributed by atoms with Gasteiger partial charge in [0.25, 0.3) is 0 Å². The first-order chi connectivity index (χ1) is 22.0. The van der Waals surface area contributed by atoms with Gasteiger partial charge in [-0.3, -0.25) is 4.79 Å². The summed E-state index contributed by atoms with van der Waals surface area (Å²) in [4.78, 5) is 12.3. The van der Waals surface area contributed by atoms with Gasteiger partial charge in [0.05, 0.1) is 31.3 Å². The van der Waals surface area contributed by atoms with E-state index in [-0.39, 0.29) is 18.9 Å². The Morgan fingerprint density at radius 2 is 1.00 bits per heavy atom. The van der Waals surface area contributed by atoms with E-state index in [9.17, 15) is 20.1 Å². The number of carbonyl (C=O) groups is 1. The lowest BCUT2D eigenvalue weighted by Gasteiger charge is -2.22. The van der Waals surface area contributed by atoms with E-state index in [4.69, 9.17) is 0 Å². The van der Waals surface area contributed by atoms with Crippen LogP contribution in [-0.2, 0) is 4.79 Å². The summed E-state index contributed by atoms with van der Waals surface area (Å²) in [6.07, 6.45) is 41.6. The number of amides is 1. The molecule has 0 aliphatic heterocycles. The van der Waals surface area contributed by atoms with Crippen LogP contribution in [0.25, 0.3) is 0 Å². The minimum absolute atomic E-state index is 0.0690. The van der Waals surface area contributed by atoms with E-state index in [0.717, 1.165) is 25.7 Å². The molecule has 0 bridgehead atoms. The summed E-state index contributed by atoms with van der Waals surface area (Å²) >= 11 is 0. The number of allylic oxidation sites excluding steroid dienone is 3. The summed E-state index contributed by atoms with van der Waals surface area (Å²) in [6.45, 7) is 4.21. The van der Waals surface area contributed by atoms with E-state index in [1.165, 1.54) is 148 Å². The zero-order valence-corrected chi connectivity index (χ0v) is 30.0. The lowest BCUT2D eigenvalue weighted by atomic mass is 10.0. The number of carbonyl (C=O) groups excluding carboxylic acids is 1. The summed E-state index contributed by atoms with van der Waals surface area (Å²) in [6, 6.07) is -0.686. The third-order valence-electron chi connectivity index (χ3n) is 9.03. The maximum absolute atomic E-state index is 12.3. The predicted octanol–water partition coefficient (Wildman–Crippen LogP) is 10.7. The lowest BCUT2D eigenvalue weighted by Crippen LogP contribution is -2.46. The monoisotopic (exact) mass is 636 g/mol. The van der Waals surface area contributed by atoms with Crippen molar-refractivity contribution in [3.63, 3.8) is 0 Å². The first-order valence-corrected chi connectivity index (χ1v) is 19.6. The van der Waals surface area contributed by atoms with Crippen molar-refractivity contribution in [2.24, 2.45) is 0 Å². The minimum atomic E-state index is -0.867. The molecule has 1 amide bonds. The van der Waals surface area contributed by atoms with Crippen LogP contribution in [0.3, 0.4) is 0 Å². The van der Waals surface area contributed by atoms with Crippen LogP contribution in [0.5, 0.6) is 0 Å². The Labute approximate surface area is 280 Å². The Balaban J connectivity index is 3.69. The summed E-state index contributed by atoms with van der Waals surface area (Å²) < 4.78 is 0. The highest BCUT2D eigenvalue weighted by Crippen LogP contribution is 2.16. The summed E-state index contributed by atoms with van der Waals surface area (Å²) in [7, 11) is 0. The highest BCUT2D eigenvalue weighted by atomic mass is 16.3. The topological polar surface area (TPSA) is 89.8 Å². The molecule has 0 aromatic carbocycles. The predicted molar refractivity (Wildman–Crippen MR) is 195 cm³/mol. The van der Waals surface area contributed by atoms with Crippen LogP contribution in [0.4, 0.5) is 0 Å². The molecule has 3 unspecified atom stereocenters. The Kier molecular flexibility index (Phi) is 34.8. The van der Waals surface area contributed by atoms with Crippen LogP contribution in [0.2, 0.25) is 0 Å². The van der Waals surface area contributed by atoms with Gasteiger partial charge in [-0.1, -0.05) is 192 Å². The molecular weight excluding hydrogens is 558 g/mol. The van der Waals surface area contributed by atoms with Crippen molar-refractivity contribution in [3.05, 3.63) is 24.3 Å². The van der Waals surface area contributed by atoms with Crippen molar-refractivity contribution in [3.8, 4) is 0 Å². The van der Waals surface area contributed by atoms with Gasteiger partial charge in [-0.25, -0.2) is 0 Å². The Morgan fingerprint density at radius 1 is 0.578 bits per heavy atom. The molecule has 5 nitrogen and oxygen atoms in total. The van der Waals surface area contributed by atoms with Crippen LogP contribution in [0.15, 0.2) is 24.3 Å². The second-order valence-electron chi connectivity index (χ2n) is 13.5. The van der Waals surface area contributed by atoms with Gasteiger partial charge in [0.15, 0.2) is 0 Å². The summed E-state index contributed by atoms with van der Waals surface area (Å²) in [5, 5.41) is 33.1. The molecule has 0 aromatic rings. The molecule has 0 radical (unpaired) electrons. The molecule has 266 valence electrons. The molecule has 0 spiro atoms. The van der Waals surface area contributed by atoms with Crippen LogP contribution in [-0.4, -0.2) is 46.1 Å². The Morgan fingerprint density at radius 3 is 1.44 bits per heavy atom. The molecule has 0 fully saturated rings. The first-order valence-electron chi connectivity index (χ1n) is 19.6. The number of rotatable bonds is 35. The quantitative estimate of drug-likeness (QED) is 0.0412. The average molecular weight is 636 g/mol. The number of hydrogen-bond donors (Lipinski definition) is 4. The molecule has 0 aliphatic carbocycles. The van der Waals surface area contributed by atoms with Crippen molar-refractivity contribution in [1.29, 1.82) is 0 Å². The number of aliphatic hydroxyl groups excluding tert-OH is 3. The van der Waals surface area contributed by atoms with Gasteiger partial charge in [0, 0.05) is 0 Å². The molecule has 0 saturated carbocycles. The van der Waals surface area contributed by atoms with Crippen molar-refractivity contribution >= 4 is 5.91 Å². The minimum Gasteiger partial charge on any atom is -0.394 e. The van der Waals surface area contributed by atoms with E-state index in [2.05, 4.69) is 31.3 Å². The maximum Gasteiger partial charge on any atom is 0.223 e. The van der Waals surface area contributed by atoms with E-state index < -0.39 is 18.2 Å². The van der Waals surface area contributed by atoms with Crippen molar-refractivity contribution in [2.45, 2.75) is 218 Å². The van der Waals surface area contributed by atoms with Crippen molar-refractivity contribution in [1.82, 2.24) is 5.32 Å². The van der Waals surface area contributed by atoms with Gasteiger partial charge in [0.1, 0.15) is 0 Å². The number of nitrogens with one attached hydrogen (secondary N) is 1. The molecule has 0 rings (SSSR count). The van der Waals surface area contributed by atoms with Gasteiger partial charge in [-0.2, -0.15) is 0 Å². The molecule has 5 heteroatoms. The standard InChI is InChI=1S/C40H77NO4/c1-3-5-7-9-11-13-15-16-17-18-19-20-21-22-24-26-28-30-32-34-39(44)38(36-42)41-40(45)35-37(43)33-31-29-27-25-23-14-12-10-8-6-4-2/h25,27,31,33,37-39,42-44H,3-24,26,28-30,32,34-36H2,1-2H3,(H,41,45)/b27-25-,33-31-. The zero-order valence-electron chi connectivity index (χ0n) is 30.0. The van der Waals surface area contributed by atoms with Gasteiger partial charge >= 0.3 is 0 Å². The maximum atomic E-state index is 12.3. The highest BCUT2D eigenvalue weighted by molar-refractivity contribution is 5.77. The number of unbranched alkanes of at least 4 members (excludes halogenated alkanes) is 24. The third kappa shape index (κ3) is 32.6. The fraction of sp³-hybridized carbons (Fsp3) is 0.875. The van der Waals surface area contributed by atoms with Crippen LogP contribution in [0.1, 0.15) is 200 Å². The molecule has 45 heavy (non-hydrogen) atoms. The van der Waals surface area contributed by atoms with Crippen LogP contribution < -0.4 is 5.32 Å². The molecule has 0 heterocycles. The Bertz CT molecular complexity index is 665. The number of aliphatic hydroxyl groups is 3. The van der Waals surface area contributed by atoms with E-state index >= 15 is 0 Å². The second-order valence-corrected chi connectivity index (χ2v) is 13.5. The molecular formula is C40H77NO4. The fourth-order valence-electron chi connectivity index (χ4n) is 5.99. The summed E-state index contributed by atoms with van der Waals surface area (Å²) in [5.74, 6) is -0.350. The van der Waals surface area contributed by atoms with Crippen LogP contribution >= 0.6 is 0 Å². The lowest BCUT2D eigenvalue weighted by molar-refractivity contribution is -0.124.